The van der Waals surface area contributed by atoms with Gasteiger partial charge in [0.2, 0.25) is 5.91 Å². The van der Waals surface area contributed by atoms with Crippen molar-refractivity contribution in [2.45, 2.75) is 32.9 Å². The molecule has 0 fully saturated rings. The zero-order valence-electron chi connectivity index (χ0n) is 16.2. The molecule has 1 aliphatic rings. The highest BCUT2D eigenvalue weighted by Crippen LogP contribution is 2.32. The molecule has 8 heteroatoms. The minimum absolute atomic E-state index is 0.0693. The maximum absolute atomic E-state index is 12.7. The van der Waals surface area contributed by atoms with E-state index in [0.29, 0.717) is 22.5 Å². The van der Waals surface area contributed by atoms with Crippen LogP contribution in [-0.2, 0) is 19.1 Å². The summed E-state index contributed by atoms with van der Waals surface area (Å²) in [6.07, 6.45) is -0.291. The predicted molar refractivity (Wildman–Crippen MR) is 99.9 cm³/mol. The van der Waals surface area contributed by atoms with Gasteiger partial charge in [0.05, 0.1) is 17.7 Å². The van der Waals surface area contributed by atoms with Crippen LogP contribution < -0.4 is 10.6 Å². The Bertz CT molecular complexity index is 772. The highest BCUT2D eigenvalue weighted by atomic mass is 16.5. The van der Waals surface area contributed by atoms with Crippen molar-refractivity contribution in [1.82, 2.24) is 10.2 Å². The van der Waals surface area contributed by atoms with Crippen LogP contribution in [0.5, 0.6) is 0 Å². The predicted octanol–water partition coefficient (Wildman–Crippen LogP) is 2.19. The van der Waals surface area contributed by atoms with Crippen molar-refractivity contribution in [1.29, 1.82) is 0 Å². The maximum Gasteiger partial charge on any atom is 0.338 e. The molecule has 1 unspecified atom stereocenters. The van der Waals surface area contributed by atoms with Gasteiger partial charge in [0.25, 0.3) is 0 Å². The zero-order chi connectivity index (χ0) is 20.1. The number of amides is 3. The number of nitrogens with one attached hydrogen (secondary N) is 2. The van der Waals surface area contributed by atoms with Crippen LogP contribution in [0.3, 0.4) is 0 Å². The average molecular weight is 375 g/mol. The Hall–Kier alpha value is -2.87. The van der Waals surface area contributed by atoms with E-state index in [1.807, 2.05) is 0 Å². The highest BCUT2D eigenvalue weighted by molar-refractivity contribution is 5.95. The van der Waals surface area contributed by atoms with E-state index in [1.54, 1.807) is 52.1 Å². The minimum Gasteiger partial charge on any atom is -0.459 e. The number of methoxy groups -OCH3 is 1. The lowest BCUT2D eigenvalue weighted by atomic mass is 9.94. The number of nitrogens with zero attached hydrogens (tertiary/aromatic N) is 1. The fourth-order valence-corrected chi connectivity index (χ4v) is 2.75. The van der Waals surface area contributed by atoms with E-state index in [2.05, 4.69) is 10.6 Å². The lowest BCUT2D eigenvalue weighted by Crippen LogP contribution is -2.46. The van der Waals surface area contributed by atoms with Crippen molar-refractivity contribution < 1.29 is 23.9 Å². The molecule has 1 aromatic carbocycles. The van der Waals surface area contributed by atoms with Gasteiger partial charge in [0.1, 0.15) is 6.61 Å². The van der Waals surface area contributed by atoms with Crippen LogP contribution in [0.4, 0.5) is 10.5 Å². The van der Waals surface area contributed by atoms with E-state index in [0.717, 1.165) is 0 Å². The topological polar surface area (TPSA) is 97.0 Å². The summed E-state index contributed by atoms with van der Waals surface area (Å²) >= 11 is 0. The van der Waals surface area contributed by atoms with Crippen LogP contribution >= 0.6 is 0 Å². The molecule has 0 aliphatic carbocycles. The first-order valence-electron chi connectivity index (χ1n) is 8.59. The molecule has 8 nitrogen and oxygen atoms in total. The van der Waals surface area contributed by atoms with Gasteiger partial charge in [0, 0.05) is 25.5 Å². The Labute approximate surface area is 158 Å². The second-order valence-corrected chi connectivity index (χ2v) is 6.50. The standard InChI is InChI=1S/C19H25N3O5/c1-11(2)27-18(24)16-12(3)22(4)19(25)21-17(16)13-7-6-8-14(9-13)20-15(23)10-26-5/h6-9,11,17H,10H2,1-5H3,(H,20,23)(H,21,25). The zero-order valence-corrected chi connectivity index (χ0v) is 16.2. The monoisotopic (exact) mass is 375 g/mol. The minimum atomic E-state index is -0.681. The van der Waals surface area contributed by atoms with E-state index in [9.17, 15) is 14.4 Å². The number of carbonyl (C=O) groups excluding carboxylic acids is 3. The summed E-state index contributed by atoms with van der Waals surface area (Å²) < 4.78 is 10.2. The first-order valence-corrected chi connectivity index (χ1v) is 8.59. The highest BCUT2D eigenvalue weighted by Gasteiger charge is 2.35. The number of hydrogen-bond acceptors (Lipinski definition) is 5. The second kappa shape index (κ2) is 8.68. The lowest BCUT2D eigenvalue weighted by Gasteiger charge is -2.33. The normalized spacial score (nSPS) is 17.0. The third-order valence-electron chi connectivity index (χ3n) is 4.10. The van der Waals surface area contributed by atoms with Gasteiger partial charge in [-0.15, -0.1) is 0 Å². The smallest absolute Gasteiger partial charge is 0.338 e. The third kappa shape index (κ3) is 4.85. The Morgan fingerprint density at radius 1 is 1.33 bits per heavy atom. The molecule has 2 rings (SSSR count). The van der Waals surface area contributed by atoms with Gasteiger partial charge < -0.3 is 25.0 Å². The summed E-state index contributed by atoms with van der Waals surface area (Å²) in [4.78, 5) is 38.0. The van der Waals surface area contributed by atoms with Crippen LogP contribution in [0.25, 0.3) is 0 Å². The molecule has 1 aliphatic heterocycles. The third-order valence-corrected chi connectivity index (χ3v) is 4.10. The maximum atomic E-state index is 12.7. The molecule has 0 radical (unpaired) electrons. The quantitative estimate of drug-likeness (QED) is 0.743. The molecule has 0 saturated carbocycles. The number of carbonyl (C=O) groups is 3. The van der Waals surface area contributed by atoms with Crippen molar-refractivity contribution in [3.8, 4) is 0 Å². The van der Waals surface area contributed by atoms with Crippen LogP contribution in [0.2, 0.25) is 0 Å². The Kier molecular flexibility index (Phi) is 6.57. The molecule has 1 heterocycles. The van der Waals surface area contributed by atoms with Gasteiger partial charge in [-0.1, -0.05) is 12.1 Å². The molecule has 2 N–H and O–H groups in total. The van der Waals surface area contributed by atoms with E-state index >= 15 is 0 Å². The summed E-state index contributed by atoms with van der Waals surface area (Å²) in [7, 11) is 3.02. The van der Waals surface area contributed by atoms with Gasteiger partial charge in [-0.2, -0.15) is 0 Å². The summed E-state index contributed by atoms with van der Waals surface area (Å²) in [6.45, 7) is 5.16. The van der Waals surface area contributed by atoms with Crippen molar-refractivity contribution in [3.05, 3.63) is 41.1 Å². The number of anilines is 1. The van der Waals surface area contributed by atoms with Crippen molar-refractivity contribution in [2.24, 2.45) is 0 Å². The molecule has 0 saturated heterocycles. The molecule has 1 aromatic rings. The van der Waals surface area contributed by atoms with Crippen LogP contribution in [-0.4, -0.2) is 49.7 Å². The molecular formula is C19H25N3O5. The van der Waals surface area contributed by atoms with Gasteiger partial charge in [0.15, 0.2) is 0 Å². The molecule has 0 bridgehead atoms. The number of ether oxygens (including phenoxy) is 2. The number of allylic oxidation sites excluding steroid dienone is 1. The Morgan fingerprint density at radius 3 is 2.67 bits per heavy atom. The molecule has 0 spiro atoms. The second-order valence-electron chi connectivity index (χ2n) is 6.50. The summed E-state index contributed by atoms with van der Waals surface area (Å²) in [5.74, 6) is -0.790. The average Bonchev–Trinajstić information content (AvgIpc) is 2.59. The van der Waals surface area contributed by atoms with Gasteiger partial charge in [-0.3, -0.25) is 4.79 Å². The number of urea groups is 1. The Morgan fingerprint density at radius 2 is 2.04 bits per heavy atom. The largest absolute Gasteiger partial charge is 0.459 e. The number of hydrogen-bond donors (Lipinski definition) is 2. The fourth-order valence-electron chi connectivity index (χ4n) is 2.75. The Balaban J connectivity index is 2.40. The lowest BCUT2D eigenvalue weighted by molar-refractivity contribution is -0.143. The van der Waals surface area contributed by atoms with E-state index in [4.69, 9.17) is 9.47 Å². The summed E-state index contributed by atoms with van der Waals surface area (Å²) in [5, 5.41) is 5.52. The molecule has 146 valence electrons. The molecule has 0 aromatic heterocycles. The van der Waals surface area contributed by atoms with Gasteiger partial charge in [-0.25, -0.2) is 9.59 Å². The summed E-state index contributed by atoms with van der Waals surface area (Å²) in [5.41, 5.74) is 2.06. The van der Waals surface area contributed by atoms with Crippen molar-refractivity contribution in [3.63, 3.8) is 0 Å². The van der Waals surface area contributed by atoms with Crippen LogP contribution in [0, 0.1) is 0 Å². The SMILES string of the molecule is COCC(=O)Nc1cccc(C2NC(=O)N(C)C(C)=C2C(=O)OC(C)C)c1. The first kappa shape index (κ1) is 20.4. The van der Waals surface area contributed by atoms with E-state index < -0.39 is 12.0 Å². The number of rotatable bonds is 6. The molecule has 1 atom stereocenters. The van der Waals surface area contributed by atoms with Crippen LogP contribution in [0.1, 0.15) is 32.4 Å². The van der Waals surface area contributed by atoms with Gasteiger partial charge >= 0.3 is 12.0 Å². The van der Waals surface area contributed by atoms with E-state index in [-0.39, 0.29) is 24.6 Å². The summed E-state index contributed by atoms with van der Waals surface area (Å²) in [6, 6.07) is 5.93. The first-order chi connectivity index (χ1) is 12.7. The molecular weight excluding hydrogens is 350 g/mol. The molecule has 3 amide bonds. The number of esters is 1. The van der Waals surface area contributed by atoms with Crippen molar-refractivity contribution in [2.75, 3.05) is 26.1 Å². The number of benzene rings is 1. The van der Waals surface area contributed by atoms with Crippen LogP contribution in [0.15, 0.2) is 35.5 Å². The van der Waals surface area contributed by atoms with Crippen molar-refractivity contribution >= 4 is 23.6 Å². The fraction of sp³-hybridized carbons (Fsp3) is 0.421. The van der Waals surface area contributed by atoms with Gasteiger partial charge in [-0.05, 0) is 38.5 Å². The van der Waals surface area contributed by atoms with E-state index in [1.165, 1.54) is 12.0 Å². The molecule has 27 heavy (non-hydrogen) atoms.